The van der Waals surface area contributed by atoms with Gasteiger partial charge in [-0.1, -0.05) is 12.1 Å². The molecule has 1 aromatic heterocycles. The van der Waals surface area contributed by atoms with Crippen LogP contribution in [0.4, 0.5) is 0 Å². The summed E-state index contributed by atoms with van der Waals surface area (Å²) in [6, 6.07) is 2.00. The van der Waals surface area contributed by atoms with E-state index in [-0.39, 0.29) is 6.54 Å². The number of aliphatic carboxylic acids is 1. The first-order valence-electron chi connectivity index (χ1n) is 5.07. The maximum absolute atomic E-state index is 10.7. The summed E-state index contributed by atoms with van der Waals surface area (Å²) in [4.78, 5) is 16.5. The highest BCUT2D eigenvalue weighted by Crippen LogP contribution is 2.05. The van der Waals surface area contributed by atoms with Crippen LogP contribution in [0.3, 0.4) is 0 Å². The minimum Gasteiger partial charge on any atom is -0.480 e. The number of pyridine rings is 1. The zero-order valence-corrected chi connectivity index (χ0v) is 9.39. The topological polar surface area (TPSA) is 53.4 Å². The second kappa shape index (κ2) is 6.02. The van der Waals surface area contributed by atoms with Gasteiger partial charge < -0.3 is 5.11 Å². The van der Waals surface area contributed by atoms with Gasteiger partial charge >= 0.3 is 5.97 Å². The minimum atomic E-state index is -0.831. The first-order valence-corrected chi connectivity index (χ1v) is 5.07. The van der Waals surface area contributed by atoms with Crippen molar-refractivity contribution in [3.05, 3.63) is 42.2 Å². The molecule has 0 aliphatic rings. The fourth-order valence-corrected chi connectivity index (χ4v) is 1.52. The molecule has 16 heavy (non-hydrogen) atoms. The van der Waals surface area contributed by atoms with Gasteiger partial charge in [-0.15, -0.1) is 6.58 Å². The minimum absolute atomic E-state index is 0.0139. The molecular formula is C12H16N2O2. The average molecular weight is 220 g/mol. The van der Waals surface area contributed by atoms with E-state index in [0.717, 1.165) is 11.1 Å². The first kappa shape index (κ1) is 12.4. The van der Waals surface area contributed by atoms with Crippen LogP contribution in [0.2, 0.25) is 0 Å². The van der Waals surface area contributed by atoms with Crippen molar-refractivity contribution in [2.75, 3.05) is 13.1 Å². The molecule has 1 heterocycles. The van der Waals surface area contributed by atoms with Crippen molar-refractivity contribution in [1.29, 1.82) is 0 Å². The van der Waals surface area contributed by atoms with Gasteiger partial charge in [0.15, 0.2) is 0 Å². The van der Waals surface area contributed by atoms with E-state index in [4.69, 9.17) is 5.11 Å². The molecule has 0 spiro atoms. The van der Waals surface area contributed by atoms with E-state index in [2.05, 4.69) is 11.6 Å². The fraction of sp³-hybridized carbons (Fsp3) is 0.333. The van der Waals surface area contributed by atoms with Crippen molar-refractivity contribution >= 4 is 5.97 Å². The van der Waals surface area contributed by atoms with Gasteiger partial charge in [0.1, 0.15) is 0 Å². The molecule has 0 saturated carbocycles. The second-order valence-corrected chi connectivity index (χ2v) is 3.72. The summed E-state index contributed by atoms with van der Waals surface area (Å²) < 4.78 is 0. The quantitative estimate of drug-likeness (QED) is 0.737. The Morgan fingerprint density at radius 2 is 2.38 bits per heavy atom. The van der Waals surface area contributed by atoms with Gasteiger partial charge in [0.25, 0.3) is 0 Å². The highest BCUT2D eigenvalue weighted by Gasteiger charge is 2.08. The van der Waals surface area contributed by atoms with Gasteiger partial charge in [0, 0.05) is 25.5 Å². The van der Waals surface area contributed by atoms with Crippen molar-refractivity contribution in [2.24, 2.45) is 0 Å². The monoisotopic (exact) mass is 220 g/mol. The van der Waals surface area contributed by atoms with Crippen LogP contribution in [0.5, 0.6) is 0 Å². The Bertz CT molecular complexity index is 377. The summed E-state index contributed by atoms with van der Waals surface area (Å²) in [5, 5.41) is 8.75. The number of carboxylic acid groups (broad SMARTS) is 1. The van der Waals surface area contributed by atoms with Crippen molar-refractivity contribution in [3.8, 4) is 0 Å². The molecule has 0 fully saturated rings. The summed E-state index contributed by atoms with van der Waals surface area (Å²) in [7, 11) is 0. The third kappa shape index (κ3) is 4.23. The standard InChI is InChI=1S/C12H16N2O2/c1-3-4-14(9-12(15)16)8-11-5-10(2)6-13-7-11/h3,5-7H,1,4,8-9H2,2H3,(H,15,16). The van der Waals surface area contributed by atoms with Gasteiger partial charge in [-0.05, 0) is 18.1 Å². The third-order valence-electron chi connectivity index (χ3n) is 2.08. The Morgan fingerprint density at radius 1 is 1.62 bits per heavy atom. The SMILES string of the molecule is C=CCN(CC(=O)O)Cc1cncc(C)c1. The van der Waals surface area contributed by atoms with E-state index in [1.54, 1.807) is 23.4 Å². The van der Waals surface area contributed by atoms with E-state index in [9.17, 15) is 4.79 Å². The van der Waals surface area contributed by atoms with Crippen LogP contribution in [-0.4, -0.2) is 34.0 Å². The van der Waals surface area contributed by atoms with Gasteiger partial charge in [0.05, 0.1) is 6.54 Å². The van der Waals surface area contributed by atoms with Crippen LogP contribution in [0.1, 0.15) is 11.1 Å². The Labute approximate surface area is 95.2 Å². The lowest BCUT2D eigenvalue weighted by molar-refractivity contribution is -0.138. The first-order chi connectivity index (χ1) is 7.61. The molecule has 4 nitrogen and oxygen atoms in total. The number of hydrogen-bond donors (Lipinski definition) is 1. The molecule has 0 aromatic carbocycles. The van der Waals surface area contributed by atoms with Crippen molar-refractivity contribution in [3.63, 3.8) is 0 Å². The summed E-state index contributed by atoms with van der Waals surface area (Å²) >= 11 is 0. The molecule has 4 heteroatoms. The molecule has 0 bridgehead atoms. The Kier molecular flexibility index (Phi) is 4.66. The largest absolute Gasteiger partial charge is 0.480 e. The Balaban J connectivity index is 2.66. The molecule has 0 unspecified atom stereocenters. The predicted octanol–water partition coefficient (Wildman–Crippen LogP) is 1.46. The lowest BCUT2D eigenvalue weighted by Gasteiger charge is -2.18. The molecule has 1 rings (SSSR count). The maximum atomic E-state index is 10.7. The maximum Gasteiger partial charge on any atom is 0.317 e. The van der Waals surface area contributed by atoms with Crippen LogP contribution in [-0.2, 0) is 11.3 Å². The van der Waals surface area contributed by atoms with Crippen molar-refractivity contribution in [2.45, 2.75) is 13.5 Å². The number of rotatable bonds is 6. The van der Waals surface area contributed by atoms with Gasteiger partial charge in [-0.2, -0.15) is 0 Å². The Hall–Kier alpha value is -1.68. The van der Waals surface area contributed by atoms with E-state index in [0.29, 0.717) is 13.1 Å². The predicted molar refractivity (Wildman–Crippen MR) is 62.1 cm³/mol. The number of carbonyl (C=O) groups is 1. The number of aryl methyl sites for hydroxylation is 1. The normalized spacial score (nSPS) is 10.4. The molecule has 0 radical (unpaired) electrons. The molecular weight excluding hydrogens is 204 g/mol. The van der Waals surface area contributed by atoms with Crippen molar-refractivity contribution < 1.29 is 9.90 Å². The molecule has 0 atom stereocenters. The number of nitrogens with zero attached hydrogens (tertiary/aromatic N) is 2. The van der Waals surface area contributed by atoms with E-state index in [1.165, 1.54) is 0 Å². The number of aromatic nitrogens is 1. The molecule has 0 aliphatic carbocycles. The fourth-order valence-electron chi connectivity index (χ4n) is 1.52. The molecule has 0 amide bonds. The van der Waals surface area contributed by atoms with Gasteiger partial charge in [-0.3, -0.25) is 14.7 Å². The smallest absolute Gasteiger partial charge is 0.317 e. The lowest BCUT2D eigenvalue weighted by atomic mass is 10.2. The van der Waals surface area contributed by atoms with Crippen LogP contribution < -0.4 is 0 Å². The van der Waals surface area contributed by atoms with E-state index >= 15 is 0 Å². The zero-order chi connectivity index (χ0) is 12.0. The summed E-state index contributed by atoms with van der Waals surface area (Å²) in [6.45, 7) is 6.73. The van der Waals surface area contributed by atoms with Crippen LogP contribution in [0.25, 0.3) is 0 Å². The summed E-state index contributed by atoms with van der Waals surface area (Å²) in [5.41, 5.74) is 2.09. The number of hydrogen-bond acceptors (Lipinski definition) is 3. The zero-order valence-electron chi connectivity index (χ0n) is 9.39. The number of carboxylic acids is 1. The van der Waals surface area contributed by atoms with E-state index in [1.807, 2.05) is 13.0 Å². The van der Waals surface area contributed by atoms with E-state index < -0.39 is 5.97 Å². The highest BCUT2D eigenvalue weighted by atomic mass is 16.4. The van der Waals surface area contributed by atoms with Gasteiger partial charge in [0.2, 0.25) is 0 Å². The van der Waals surface area contributed by atoms with Crippen LogP contribution in [0, 0.1) is 6.92 Å². The molecule has 1 aromatic rings. The Morgan fingerprint density at radius 3 is 2.94 bits per heavy atom. The molecule has 1 N–H and O–H groups in total. The third-order valence-corrected chi connectivity index (χ3v) is 2.08. The van der Waals surface area contributed by atoms with Crippen molar-refractivity contribution in [1.82, 2.24) is 9.88 Å². The molecule has 0 saturated heterocycles. The van der Waals surface area contributed by atoms with Gasteiger partial charge in [-0.25, -0.2) is 0 Å². The summed E-state index contributed by atoms with van der Waals surface area (Å²) in [6.07, 6.45) is 5.23. The van der Waals surface area contributed by atoms with Crippen LogP contribution in [0.15, 0.2) is 31.1 Å². The molecule has 0 aliphatic heterocycles. The summed E-state index contributed by atoms with van der Waals surface area (Å²) in [5.74, 6) is -0.831. The highest BCUT2D eigenvalue weighted by molar-refractivity contribution is 5.69. The van der Waals surface area contributed by atoms with Crippen LogP contribution >= 0.6 is 0 Å². The molecule has 86 valence electrons. The lowest BCUT2D eigenvalue weighted by Crippen LogP contribution is -2.29. The second-order valence-electron chi connectivity index (χ2n) is 3.72. The average Bonchev–Trinajstić information content (AvgIpc) is 2.16.